The number of rotatable bonds is 5. The van der Waals surface area contributed by atoms with Gasteiger partial charge in [0.15, 0.2) is 0 Å². The molecule has 7 nitrogen and oxygen atoms in total. The molecular weight excluding hydrogens is 350 g/mol. The van der Waals surface area contributed by atoms with Crippen molar-refractivity contribution in [1.29, 1.82) is 0 Å². The molecule has 1 amide bonds. The van der Waals surface area contributed by atoms with Crippen molar-refractivity contribution in [2.45, 2.75) is 19.4 Å². The van der Waals surface area contributed by atoms with E-state index in [1.54, 1.807) is 22.5 Å². The molecule has 0 saturated carbocycles. The lowest BCUT2D eigenvalue weighted by Gasteiger charge is -2.33. The first-order valence-corrected chi connectivity index (χ1v) is 9.51. The van der Waals surface area contributed by atoms with Crippen LogP contribution >= 0.6 is 11.3 Å². The fourth-order valence-electron chi connectivity index (χ4n) is 3.28. The molecule has 4 heterocycles. The Bertz CT molecular complexity index is 843. The van der Waals surface area contributed by atoms with Crippen LogP contribution in [0.25, 0.3) is 5.13 Å². The van der Waals surface area contributed by atoms with E-state index in [-0.39, 0.29) is 11.8 Å². The van der Waals surface area contributed by atoms with Crippen LogP contribution in [0, 0.1) is 5.92 Å². The number of furan rings is 1. The van der Waals surface area contributed by atoms with E-state index in [1.807, 2.05) is 48.3 Å². The van der Waals surface area contributed by atoms with E-state index in [9.17, 15) is 4.79 Å². The van der Waals surface area contributed by atoms with Gasteiger partial charge in [-0.15, -0.1) is 10.2 Å². The van der Waals surface area contributed by atoms with E-state index in [1.165, 1.54) is 0 Å². The second-order valence-corrected chi connectivity index (χ2v) is 7.45. The predicted molar refractivity (Wildman–Crippen MR) is 99.4 cm³/mol. The quantitative estimate of drug-likeness (QED) is 0.690. The van der Waals surface area contributed by atoms with Crippen LogP contribution in [-0.4, -0.2) is 45.7 Å². The molecule has 4 rings (SSSR count). The van der Waals surface area contributed by atoms with Gasteiger partial charge in [0.05, 0.1) is 18.7 Å². The number of anilines is 1. The van der Waals surface area contributed by atoms with Gasteiger partial charge in [-0.1, -0.05) is 11.3 Å². The molecule has 26 heavy (non-hydrogen) atoms. The van der Waals surface area contributed by atoms with Gasteiger partial charge in [-0.3, -0.25) is 9.36 Å². The third kappa shape index (κ3) is 3.50. The third-order valence-electron chi connectivity index (χ3n) is 4.62. The molecule has 0 N–H and O–H groups in total. The van der Waals surface area contributed by atoms with Crippen LogP contribution in [0.5, 0.6) is 0 Å². The molecule has 0 aliphatic carbocycles. The predicted octanol–water partition coefficient (Wildman–Crippen LogP) is 2.80. The zero-order valence-corrected chi connectivity index (χ0v) is 15.4. The van der Waals surface area contributed by atoms with Crippen LogP contribution < -0.4 is 4.90 Å². The molecule has 3 aromatic rings. The number of aromatic nitrogens is 3. The molecule has 1 atom stereocenters. The van der Waals surface area contributed by atoms with Gasteiger partial charge in [0.1, 0.15) is 5.76 Å². The Morgan fingerprint density at radius 1 is 1.31 bits per heavy atom. The largest absolute Gasteiger partial charge is 0.467 e. The van der Waals surface area contributed by atoms with Crippen LogP contribution in [0.3, 0.4) is 0 Å². The van der Waals surface area contributed by atoms with Gasteiger partial charge in [-0.05, 0) is 37.1 Å². The average Bonchev–Trinajstić information content (AvgIpc) is 3.42. The summed E-state index contributed by atoms with van der Waals surface area (Å²) in [6.45, 7) is 2.09. The summed E-state index contributed by atoms with van der Waals surface area (Å²) in [6, 6.07) is 7.66. The third-order valence-corrected chi connectivity index (χ3v) is 5.62. The number of nitrogens with zero attached hydrogens (tertiary/aromatic N) is 5. The second kappa shape index (κ2) is 7.33. The molecule has 1 aliphatic rings. The molecule has 1 saturated heterocycles. The number of hydrogen-bond acceptors (Lipinski definition) is 6. The number of carbonyl (C=O) groups excluding carboxylic acids is 1. The topological polar surface area (TPSA) is 67.4 Å². The summed E-state index contributed by atoms with van der Waals surface area (Å²) < 4.78 is 7.30. The van der Waals surface area contributed by atoms with Gasteiger partial charge >= 0.3 is 0 Å². The van der Waals surface area contributed by atoms with Crippen molar-refractivity contribution in [2.75, 3.05) is 25.0 Å². The second-order valence-electron chi connectivity index (χ2n) is 6.52. The van der Waals surface area contributed by atoms with E-state index in [0.717, 1.165) is 35.4 Å². The van der Waals surface area contributed by atoms with E-state index in [0.29, 0.717) is 13.1 Å². The van der Waals surface area contributed by atoms with Crippen molar-refractivity contribution >= 4 is 22.4 Å². The Kier molecular flexibility index (Phi) is 4.75. The van der Waals surface area contributed by atoms with Crippen molar-refractivity contribution < 1.29 is 9.21 Å². The number of amides is 1. The van der Waals surface area contributed by atoms with E-state index < -0.39 is 0 Å². The van der Waals surface area contributed by atoms with Gasteiger partial charge in [-0.2, -0.15) is 0 Å². The Hall–Kier alpha value is -2.61. The molecule has 0 spiro atoms. The Morgan fingerprint density at radius 2 is 2.12 bits per heavy atom. The van der Waals surface area contributed by atoms with Crippen molar-refractivity contribution in [2.24, 2.45) is 5.92 Å². The smallest absolute Gasteiger partial charge is 0.227 e. The zero-order valence-electron chi connectivity index (χ0n) is 14.6. The van der Waals surface area contributed by atoms with Crippen molar-refractivity contribution in [3.8, 4) is 5.13 Å². The summed E-state index contributed by atoms with van der Waals surface area (Å²) in [5.74, 6) is 0.929. The SMILES string of the molecule is CN(Cc1ccco1)C(=O)[C@H]1CCCN(c2nnc(-n3cccc3)s2)C1. The monoisotopic (exact) mass is 371 g/mol. The average molecular weight is 371 g/mol. The highest BCUT2D eigenvalue weighted by Crippen LogP contribution is 2.28. The summed E-state index contributed by atoms with van der Waals surface area (Å²) >= 11 is 1.55. The standard InChI is InChI=1S/C18H21N5O2S/c1-21(13-15-7-5-11-25-15)16(24)14-6-4-10-23(12-14)18-20-19-17(26-18)22-8-2-3-9-22/h2-3,5,7-9,11,14H,4,6,10,12-13H2,1H3/t14-/m0/s1. The Morgan fingerprint density at radius 3 is 2.88 bits per heavy atom. The maximum absolute atomic E-state index is 12.8. The van der Waals surface area contributed by atoms with Crippen LogP contribution in [0.15, 0.2) is 47.3 Å². The first-order valence-electron chi connectivity index (χ1n) is 8.70. The normalized spacial score (nSPS) is 17.4. The van der Waals surface area contributed by atoms with Gasteiger partial charge in [0.2, 0.25) is 16.2 Å². The highest BCUT2D eigenvalue weighted by Gasteiger charge is 2.29. The van der Waals surface area contributed by atoms with Gasteiger partial charge in [0, 0.05) is 32.5 Å². The summed E-state index contributed by atoms with van der Waals surface area (Å²) in [5, 5.41) is 10.3. The molecule has 8 heteroatoms. The van der Waals surface area contributed by atoms with Crippen molar-refractivity contribution in [3.05, 3.63) is 48.7 Å². The Balaban J connectivity index is 1.41. The van der Waals surface area contributed by atoms with Gasteiger partial charge in [0.25, 0.3) is 0 Å². The molecule has 0 aromatic carbocycles. The lowest BCUT2D eigenvalue weighted by Crippen LogP contribution is -2.43. The van der Waals surface area contributed by atoms with Crippen LogP contribution in [-0.2, 0) is 11.3 Å². The first kappa shape index (κ1) is 16.8. The maximum Gasteiger partial charge on any atom is 0.227 e. The minimum Gasteiger partial charge on any atom is -0.467 e. The molecule has 136 valence electrons. The highest BCUT2D eigenvalue weighted by molar-refractivity contribution is 7.17. The summed E-state index contributed by atoms with van der Waals surface area (Å²) in [4.78, 5) is 16.7. The minimum atomic E-state index is -0.0253. The molecule has 0 bridgehead atoms. The van der Waals surface area contributed by atoms with Crippen LogP contribution in [0.2, 0.25) is 0 Å². The van der Waals surface area contributed by atoms with E-state index in [4.69, 9.17) is 4.42 Å². The molecule has 1 aliphatic heterocycles. The zero-order chi connectivity index (χ0) is 17.9. The molecule has 1 fully saturated rings. The van der Waals surface area contributed by atoms with Crippen LogP contribution in [0.1, 0.15) is 18.6 Å². The molecular formula is C18H21N5O2S. The summed E-state index contributed by atoms with van der Waals surface area (Å²) in [6.07, 6.45) is 7.42. The highest BCUT2D eigenvalue weighted by atomic mass is 32.1. The van der Waals surface area contributed by atoms with E-state index in [2.05, 4.69) is 15.1 Å². The summed E-state index contributed by atoms with van der Waals surface area (Å²) in [7, 11) is 1.83. The van der Waals surface area contributed by atoms with Gasteiger partial charge < -0.3 is 14.2 Å². The molecule has 3 aromatic heterocycles. The first-order chi connectivity index (χ1) is 12.7. The molecule has 0 unspecified atom stereocenters. The maximum atomic E-state index is 12.8. The lowest BCUT2D eigenvalue weighted by atomic mass is 9.97. The number of piperidine rings is 1. The van der Waals surface area contributed by atoms with Crippen molar-refractivity contribution in [3.63, 3.8) is 0 Å². The number of hydrogen-bond donors (Lipinski definition) is 0. The Labute approximate surface area is 155 Å². The fraction of sp³-hybridized carbons (Fsp3) is 0.389. The minimum absolute atomic E-state index is 0.0253. The lowest BCUT2D eigenvalue weighted by molar-refractivity contribution is -0.135. The fourth-order valence-corrected chi connectivity index (χ4v) is 4.13. The van der Waals surface area contributed by atoms with Crippen LogP contribution in [0.4, 0.5) is 5.13 Å². The van der Waals surface area contributed by atoms with Gasteiger partial charge in [-0.25, -0.2) is 0 Å². The van der Waals surface area contributed by atoms with E-state index >= 15 is 0 Å². The number of carbonyl (C=O) groups is 1. The molecule has 0 radical (unpaired) electrons. The van der Waals surface area contributed by atoms with Crippen molar-refractivity contribution in [1.82, 2.24) is 19.7 Å². The summed E-state index contributed by atoms with van der Waals surface area (Å²) in [5.41, 5.74) is 0.